The topological polar surface area (TPSA) is 199 Å². The number of isocyanates is 4. The van der Waals surface area contributed by atoms with E-state index in [0.717, 1.165) is 0 Å². The zero-order valence-electron chi connectivity index (χ0n) is 11.6. The van der Waals surface area contributed by atoms with Gasteiger partial charge in [-0.25, -0.2) is 16.7 Å². The zero-order valence-corrected chi connectivity index (χ0v) is 19.9. The van der Waals surface area contributed by atoms with Crippen LogP contribution in [0.1, 0.15) is 0 Å². The molecule has 0 spiro atoms. The number of hydrogen-bond donors (Lipinski definition) is 4. The monoisotopic (exact) mass is 781 g/mol. The minimum absolute atomic E-state index is 0. The largest absolute Gasteiger partial charge is 2.00 e. The second-order valence-electron chi connectivity index (χ2n) is 1.49. The van der Waals surface area contributed by atoms with Crippen molar-refractivity contribution < 1.29 is 102 Å². The Morgan fingerprint density at radius 2 is 0.957 bits per heavy atom. The molecule has 0 heterocycles. The molecular formula is C9H13N4O8U2-. The minimum atomic E-state index is -2.17. The summed E-state index contributed by atoms with van der Waals surface area (Å²) in [7, 11) is 7.86. The molecule has 0 bridgehead atoms. The van der Waals surface area contributed by atoms with Gasteiger partial charge in [-0.1, -0.05) is 0 Å². The van der Waals surface area contributed by atoms with E-state index in [9.17, 15) is 9.59 Å². The summed E-state index contributed by atoms with van der Waals surface area (Å²) >= 11 is 0. The van der Waals surface area contributed by atoms with Gasteiger partial charge in [-0.3, -0.25) is 0 Å². The van der Waals surface area contributed by atoms with Crippen LogP contribution in [-0.4, -0.2) is 57.9 Å². The van der Waals surface area contributed by atoms with Gasteiger partial charge in [-0.2, -0.15) is 24.1 Å². The fourth-order valence-electron chi connectivity index (χ4n) is 0.0931. The number of rotatable bonds is 2. The predicted octanol–water partition coefficient (Wildman–Crippen LogP) is -1.76. The van der Waals surface area contributed by atoms with Crippen molar-refractivity contribution in [1.82, 2.24) is 0 Å². The van der Waals surface area contributed by atoms with Gasteiger partial charge >= 0.3 is 31.1 Å². The third-order valence-electron chi connectivity index (χ3n) is 0.400. The van der Waals surface area contributed by atoms with E-state index in [1.165, 1.54) is 24.3 Å². The minimum Gasteiger partial charge on any atom is -0.569 e. The van der Waals surface area contributed by atoms with Crippen LogP contribution in [0.25, 0.3) is 0 Å². The maximum absolute atomic E-state index is 9.20. The molecule has 0 aliphatic heterocycles. The van der Waals surface area contributed by atoms with Gasteiger partial charge in [-0.15, -0.1) is 0 Å². The van der Waals surface area contributed by atoms with E-state index in [4.69, 9.17) is 30.0 Å². The van der Waals surface area contributed by atoms with E-state index < -0.39 is 6.48 Å². The first-order valence-corrected chi connectivity index (χ1v) is 4.07. The summed E-state index contributed by atoms with van der Waals surface area (Å²) in [4.78, 5) is 47.2. The van der Waals surface area contributed by atoms with Gasteiger partial charge in [-0.05, 0) is 12.2 Å². The number of aliphatic hydroxyl groups excluding tert-OH is 2. The van der Waals surface area contributed by atoms with Crippen LogP contribution < -0.4 is 0 Å². The molecule has 0 aromatic carbocycles. The first kappa shape index (κ1) is 43.2. The number of carbonyl (C=O) groups excluding carboxylic acids is 4. The van der Waals surface area contributed by atoms with Crippen molar-refractivity contribution >= 4 is 24.3 Å². The molecule has 12 nitrogen and oxygen atoms in total. The SMILES string of the molecule is O=C=NCN=C=O.OC(O)O.[CH2-]N=C=O.[CH2-]N=C=O.[CH2-]O.[U+2].[U]. The summed E-state index contributed by atoms with van der Waals surface area (Å²) in [5.41, 5.74) is 0. The fourth-order valence-corrected chi connectivity index (χ4v) is 0.0931. The summed E-state index contributed by atoms with van der Waals surface area (Å²) in [6.07, 6.45) is 4.80. The molecule has 0 atom stereocenters. The van der Waals surface area contributed by atoms with Gasteiger partial charge < -0.3 is 40.0 Å². The number of aliphatic imine (C=N–C) groups is 4. The van der Waals surface area contributed by atoms with Crippen LogP contribution in [0.2, 0.25) is 0 Å². The van der Waals surface area contributed by atoms with Crippen LogP contribution in [0, 0.1) is 83.4 Å². The average Bonchev–Trinajstić information content (AvgIpc) is 2.50. The summed E-state index contributed by atoms with van der Waals surface area (Å²) < 4.78 is 0. The molecular weight excluding hydrogens is 768 g/mol. The molecule has 0 rings (SSSR count). The first-order chi connectivity index (χ1) is 9.97. The molecule has 23 heavy (non-hydrogen) atoms. The summed E-state index contributed by atoms with van der Waals surface area (Å²) in [5.74, 6) is 0. The Kier molecular flexibility index (Phi) is 129. The zero-order chi connectivity index (χ0) is 17.9. The van der Waals surface area contributed by atoms with Crippen molar-refractivity contribution in [2.24, 2.45) is 20.0 Å². The quantitative estimate of drug-likeness (QED) is 0.109. The van der Waals surface area contributed by atoms with E-state index in [2.05, 4.69) is 41.2 Å². The van der Waals surface area contributed by atoms with E-state index in [1.807, 2.05) is 0 Å². The van der Waals surface area contributed by atoms with E-state index in [-0.39, 0.29) is 68.9 Å². The van der Waals surface area contributed by atoms with Crippen LogP contribution in [0.15, 0.2) is 20.0 Å². The average molecular weight is 781 g/mol. The van der Waals surface area contributed by atoms with Gasteiger partial charge in [0.15, 0.2) is 6.67 Å². The molecule has 0 radical (unpaired) electrons. The molecule has 4 N–H and O–H groups in total. The third kappa shape index (κ3) is 289. The normalized spacial score (nSPS) is 4.96. The van der Waals surface area contributed by atoms with Gasteiger partial charge in [0.2, 0.25) is 12.2 Å². The third-order valence-corrected chi connectivity index (χ3v) is 0.400. The van der Waals surface area contributed by atoms with Gasteiger partial charge in [0.05, 0.1) is 0 Å². The van der Waals surface area contributed by atoms with Crippen molar-refractivity contribution in [2.75, 3.05) is 6.67 Å². The molecule has 0 aromatic rings. The number of aliphatic hydroxyl groups is 4. The maximum Gasteiger partial charge on any atom is 2.00 e. The van der Waals surface area contributed by atoms with Crippen LogP contribution in [0.5, 0.6) is 0 Å². The van der Waals surface area contributed by atoms with E-state index in [1.54, 1.807) is 0 Å². The first-order valence-electron chi connectivity index (χ1n) is 4.07. The standard InChI is InChI=1S/C3H2N2O2.2C2H2NO.CH4O3.CH3O.2U/c6-2-4-1-5-3-7;2*1-3-2-4;2-1(3)4;1-2;;/h1H2;2*1H2;1-4H;2H,1H2;;/q;2*-1;;-1;;+2. The second-order valence-corrected chi connectivity index (χ2v) is 1.49. The van der Waals surface area contributed by atoms with Crippen molar-refractivity contribution in [3.63, 3.8) is 0 Å². The fraction of sp³-hybridized carbons (Fsp3) is 0.222. The summed E-state index contributed by atoms with van der Waals surface area (Å²) in [5, 5.41) is 28.2. The Labute approximate surface area is 179 Å². The van der Waals surface area contributed by atoms with E-state index >= 15 is 0 Å². The van der Waals surface area contributed by atoms with Crippen molar-refractivity contribution in [3.05, 3.63) is 21.2 Å². The molecule has 0 amide bonds. The molecule has 0 unspecified atom stereocenters. The molecule has 0 saturated heterocycles. The Morgan fingerprint density at radius 1 is 0.783 bits per heavy atom. The smallest absolute Gasteiger partial charge is 0.569 e. The molecule has 0 saturated carbocycles. The van der Waals surface area contributed by atoms with Gasteiger partial charge in [0, 0.05) is 31.1 Å². The van der Waals surface area contributed by atoms with Gasteiger partial charge in [0.25, 0.3) is 6.48 Å². The number of hydrogen-bond acceptors (Lipinski definition) is 12. The molecule has 14 heteroatoms. The van der Waals surface area contributed by atoms with Crippen molar-refractivity contribution in [2.45, 2.75) is 6.48 Å². The van der Waals surface area contributed by atoms with Crippen molar-refractivity contribution in [3.8, 4) is 0 Å². The van der Waals surface area contributed by atoms with Crippen LogP contribution >= 0.6 is 0 Å². The van der Waals surface area contributed by atoms with Crippen molar-refractivity contribution in [1.29, 1.82) is 0 Å². The molecule has 0 aliphatic rings. The molecule has 0 fully saturated rings. The number of nitrogens with zero attached hydrogens (tertiary/aromatic N) is 4. The summed E-state index contributed by atoms with van der Waals surface area (Å²) in [6, 6.07) is 0. The Hall–Kier alpha value is -0.796. The predicted molar refractivity (Wildman–Crippen MR) is 65.8 cm³/mol. The van der Waals surface area contributed by atoms with Gasteiger partial charge in [0.1, 0.15) is 0 Å². The Bertz CT molecular complexity index is 337. The van der Waals surface area contributed by atoms with Crippen LogP contribution in [0.3, 0.4) is 0 Å². The van der Waals surface area contributed by atoms with Crippen LogP contribution in [-0.2, 0) is 19.2 Å². The molecule has 0 aliphatic carbocycles. The molecule has 126 valence electrons. The Balaban J connectivity index is -0.0000000287. The van der Waals surface area contributed by atoms with Crippen LogP contribution in [0.4, 0.5) is 0 Å². The second kappa shape index (κ2) is 69.0. The molecule has 0 aromatic heterocycles. The maximum atomic E-state index is 9.20. The Morgan fingerprint density at radius 3 is 1.04 bits per heavy atom. The summed E-state index contributed by atoms with van der Waals surface area (Å²) in [6.45, 7) is -2.33. The van der Waals surface area contributed by atoms with E-state index in [0.29, 0.717) is 0 Å².